The van der Waals surface area contributed by atoms with Crippen LogP contribution in [0.2, 0.25) is 0 Å². The molecule has 0 saturated carbocycles. The second kappa shape index (κ2) is 8.34. The number of hydrogen-bond acceptors (Lipinski definition) is 6. The smallest absolute Gasteiger partial charge is 0.411 e. The molecule has 0 aromatic carbocycles. The van der Waals surface area contributed by atoms with E-state index in [2.05, 4.69) is 14.2 Å². The molecule has 0 spiro atoms. The Kier molecular flexibility index (Phi) is 7.72. The van der Waals surface area contributed by atoms with Crippen LogP contribution in [0.4, 0.5) is 26.3 Å². The molecule has 6 nitrogen and oxygen atoms in total. The lowest BCUT2D eigenvalue weighted by Gasteiger charge is -2.30. The van der Waals surface area contributed by atoms with Crippen LogP contribution < -0.4 is 0 Å². The summed E-state index contributed by atoms with van der Waals surface area (Å²) in [6.45, 7) is 4.55. The molecule has 0 aliphatic heterocycles. The molecule has 0 aliphatic carbocycles. The first-order valence-corrected chi connectivity index (χ1v) is 7.58. The fourth-order valence-electron chi connectivity index (χ4n) is 1.32. The summed E-state index contributed by atoms with van der Waals surface area (Å²) < 4.78 is 93.2. The molecule has 0 rings (SSSR count). The molecule has 0 aromatic rings. The average molecular weight is 410 g/mol. The Balaban J connectivity index is 5.06. The predicted octanol–water partition coefficient (Wildman–Crippen LogP) is 2.98. The summed E-state index contributed by atoms with van der Waals surface area (Å²) >= 11 is 0. The monoisotopic (exact) mass is 410 g/mol. The summed E-state index contributed by atoms with van der Waals surface area (Å²) in [7, 11) is 0. The number of ether oxygens (including phenoxy) is 3. The van der Waals surface area contributed by atoms with Crippen molar-refractivity contribution in [2.24, 2.45) is 5.41 Å². The van der Waals surface area contributed by atoms with E-state index >= 15 is 0 Å². The van der Waals surface area contributed by atoms with Crippen LogP contribution in [0.5, 0.6) is 0 Å². The number of alkyl halides is 6. The van der Waals surface area contributed by atoms with E-state index in [0.29, 0.717) is 0 Å². The Hall–Kier alpha value is -2.01. The normalized spacial score (nSPS) is 13.3. The first-order valence-electron chi connectivity index (χ1n) is 7.58. The number of carbonyl (C=O) groups is 3. The highest BCUT2D eigenvalue weighted by molar-refractivity contribution is 5.84. The quantitative estimate of drug-likeness (QED) is 0.265. The highest BCUT2D eigenvalue weighted by Gasteiger charge is 2.79. The van der Waals surface area contributed by atoms with E-state index in [1.807, 2.05) is 0 Å². The summed E-state index contributed by atoms with van der Waals surface area (Å²) in [4.78, 5) is 33.6. The second-order valence-electron chi connectivity index (χ2n) is 6.70. The molecule has 0 aromatic heterocycles. The number of rotatable bonds is 8. The highest BCUT2D eigenvalue weighted by Crippen LogP contribution is 2.47. The van der Waals surface area contributed by atoms with E-state index in [4.69, 9.17) is 0 Å². The Morgan fingerprint density at radius 1 is 0.741 bits per heavy atom. The Bertz CT molecular complexity index is 568. The van der Waals surface area contributed by atoms with Gasteiger partial charge in [-0.05, 0) is 34.6 Å². The van der Waals surface area contributed by atoms with Gasteiger partial charge in [-0.3, -0.25) is 4.79 Å². The van der Waals surface area contributed by atoms with Crippen molar-refractivity contribution in [3.05, 3.63) is 0 Å². The molecule has 0 fully saturated rings. The van der Waals surface area contributed by atoms with Gasteiger partial charge in [0.1, 0.15) is 13.2 Å². The van der Waals surface area contributed by atoms with Crippen molar-refractivity contribution in [2.45, 2.75) is 58.5 Å². The molecule has 0 saturated heterocycles. The second-order valence-corrected chi connectivity index (χ2v) is 6.70. The minimum Gasteiger partial charge on any atom is -0.462 e. The fraction of sp³-hybridized carbons (Fsp3) is 0.800. The molecular formula is C15H20F6O6. The van der Waals surface area contributed by atoms with Gasteiger partial charge in [-0.25, -0.2) is 9.59 Å². The Morgan fingerprint density at radius 2 is 1.11 bits per heavy atom. The van der Waals surface area contributed by atoms with Gasteiger partial charge in [0.05, 0.1) is 11.5 Å². The lowest BCUT2D eigenvalue weighted by atomic mass is 9.97. The van der Waals surface area contributed by atoms with Gasteiger partial charge in [-0.2, -0.15) is 26.3 Å². The van der Waals surface area contributed by atoms with E-state index < -0.39 is 60.4 Å². The van der Waals surface area contributed by atoms with Gasteiger partial charge in [-0.1, -0.05) is 0 Å². The van der Waals surface area contributed by atoms with E-state index in [1.165, 1.54) is 20.8 Å². The molecule has 0 bridgehead atoms. The molecule has 0 atom stereocenters. The fourth-order valence-corrected chi connectivity index (χ4v) is 1.32. The summed E-state index contributed by atoms with van der Waals surface area (Å²) in [5, 5.41) is 0. The molecule has 0 N–H and O–H groups in total. The zero-order valence-corrected chi connectivity index (χ0v) is 15.2. The van der Waals surface area contributed by atoms with Crippen LogP contribution in [0.25, 0.3) is 0 Å². The van der Waals surface area contributed by atoms with E-state index in [0.717, 1.165) is 13.8 Å². The average Bonchev–Trinajstić information content (AvgIpc) is 2.48. The molecule has 158 valence electrons. The largest absolute Gasteiger partial charge is 0.462 e. The van der Waals surface area contributed by atoms with Crippen LogP contribution in [-0.4, -0.2) is 55.0 Å². The number of esters is 3. The minimum absolute atomic E-state index is 0.769. The van der Waals surface area contributed by atoms with Crippen LogP contribution in [0.3, 0.4) is 0 Å². The van der Waals surface area contributed by atoms with Crippen LogP contribution in [0.1, 0.15) is 34.6 Å². The lowest BCUT2D eigenvalue weighted by Crippen LogP contribution is -2.62. The Morgan fingerprint density at radius 3 is 1.48 bits per heavy atom. The third kappa shape index (κ3) is 5.73. The van der Waals surface area contributed by atoms with Crippen molar-refractivity contribution in [3.8, 4) is 0 Å². The lowest BCUT2D eigenvalue weighted by molar-refractivity contribution is -0.302. The van der Waals surface area contributed by atoms with Crippen molar-refractivity contribution in [1.29, 1.82) is 0 Å². The van der Waals surface area contributed by atoms with Gasteiger partial charge in [0.2, 0.25) is 0 Å². The first kappa shape index (κ1) is 25.0. The highest BCUT2D eigenvalue weighted by atomic mass is 19.3. The Labute approximate surface area is 151 Å². The van der Waals surface area contributed by atoms with E-state index in [9.17, 15) is 40.7 Å². The van der Waals surface area contributed by atoms with Crippen LogP contribution >= 0.6 is 0 Å². The van der Waals surface area contributed by atoms with Gasteiger partial charge in [-0.15, -0.1) is 0 Å². The third-order valence-electron chi connectivity index (χ3n) is 2.81. The van der Waals surface area contributed by atoms with Crippen molar-refractivity contribution in [3.63, 3.8) is 0 Å². The SMILES string of the molecule is CC(C)OC(=O)C(F)(F)C(F)(F)C(F)(F)C(=O)OCCOC(=O)C(C)(C)C. The minimum atomic E-state index is -6.43. The van der Waals surface area contributed by atoms with Crippen molar-refractivity contribution in [1.82, 2.24) is 0 Å². The number of hydrogen-bond donors (Lipinski definition) is 0. The van der Waals surface area contributed by atoms with Gasteiger partial charge in [0.15, 0.2) is 0 Å². The van der Waals surface area contributed by atoms with Crippen molar-refractivity contribution < 1.29 is 54.9 Å². The van der Waals surface area contributed by atoms with Gasteiger partial charge < -0.3 is 14.2 Å². The molecule has 12 heteroatoms. The molecule has 27 heavy (non-hydrogen) atoms. The van der Waals surface area contributed by atoms with E-state index in [1.54, 1.807) is 0 Å². The van der Waals surface area contributed by atoms with Crippen LogP contribution in [0.15, 0.2) is 0 Å². The van der Waals surface area contributed by atoms with Crippen LogP contribution in [0, 0.1) is 5.41 Å². The molecular weight excluding hydrogens is 390 g/mol. The van der Waals surface area contributed by atoms with Crippen molar-refractivity contribution in [2.75, 3.05) is 13.2 Å². The van der Waals surface area contributed by atoms with Gasteiger partial charge in [0.25, 0.3) is 0 Å². The molecule has 0 amide bonds. The van der Waals surface area contributed by atoms with E-state index in [-0.39, 0.29) is 0 Å². The zero-order valence-electron chi connectivity index (χ0n) is 15.2. The zero-order chi connectivity index (χ0) is 21.8. The third-order valence-corrected chi connectivity index (χ3v) is 2.81. The van der Waals surface area contributed by atoms with Gasteiger partial charge >= 0.3 is 35.7 Å². The maximum atomic E-state index is 13.5. The molecule has 0 unspecified atom stereocenters. The summed E-state index contributed by atoms with van der Waals surface area (Å²) in [6, 6.07) is 0. The summed E-state index contributed by atoms with van der Waals surface area (Å²) in [6.07, 6.45) is -1.29. The summed E-state index contributed by atoms with van der Waals surface area (Å²) in [5.74, 6) is -25.2. The molecule has 0 radical (unpaired) electrons. The molecule has 0 aliphatic rings. The van der Waals surface area contributed by atoms with Gasteiger partial charge in [0, 0.05) is 0 Å². The number of halogens is 6. The summed E-state index contributed by atoms with van der Waals surface area (Å²) in [5.41, 5.74) is -0.972. The topological polar surface area (TPSA) is 78.9 Å². The maximum Gasteiger partial charge on any atom is 0.411 e. The first-order chi connectivity index (χ1) is 11.9. The molecule has 0 heterocycles. The standard InChI is InChI=1S/C15H20F6O6/c1-8(2)27-11(24)14(18,19)15(20,21)13(16,17)10(23)26-7-6-25-9(22)12(3,4)5/h8H,6-7H2,1-5H3. The van der Waals surface area contributed by atoms with Crippen LogP contribution in [-0.2, 0) is 28.6 Å². The maximum absolute atomic E-state index is 13.5. The predicted molar refractivity (Wildman–Crippen MR) is 77.4 cm³/mol. The van der Waals surface area contributed by atoms with Crippen molar-refractivity contribution >= 4 is 17.9 Å². The number of carbonyl (C=O) groups excluding carboxylic acids is 3.